The second-order valence-electron chi connectivity index (χ2n) is 5.40. The fraction of sp³-hybridized carbons (Fsp3) is 0.714. The van der Waals surface area contributed by atoms with E-state index in [0.29, 0.717) is 26.0 Å². The van der Waals surface area contributed by atoms with Crippen LogP contribution in [0.2, 0.25) is 0 Å². The number of carboxylic acids is 1. The third kappa shape index (κ3) is 4.67. The lowest BCUT2D eigenvalue weighted by molar-refractivity contribution is -0.147. The average molecular weight is 269 g/mol. The van der Waals surface area contributed by atoms with Crippen LogP contribution in [0.1, 0.15) is 33.6 Å². The van der Waals surface area contributed by atoms with E-state index in [1.807, 2.05) is 32.9 Å². The summed E-state index contributed by atoms with van der Waals surface area (Å²) in [5.74, 6) is -2.22. The molecule has 1 amide bonds. The summed E-state index contributed by atoms with van der Waals surface area (Å²) in [6.07, 6.45) is 4.60. The lowest BCUT2D eigenvalue weighted by atomic mass is 9.82. The predicted molar refractivity (Wildman–Crippen MR) is 71.7 cm³/mol. The van der Waals surface area contributed by atoms with E-state index in [4.69, 9.17) is 9.84 Å². The zero-order valence-corrected chi connectivity index (χ0v) is 11.8. The SMILES string of the molecule is CCOC(C)(C)CNC(=O)[C@@H]1CC=CC[C@@H]1C(=O)O. The zero-order chi connectivity index (χ0) is 14.5. The monoisotopic (exact) mass is 269 g/mol. The van der Waals surface area contributed by atoms with Crippen LogP contribution in [0.4, 0.5) is 0 Å². The Morgan fingerprint density at radius 1 is 1.32 bits per heavy atom. The molecule has 0 spiro atoms. The molecule has 1 aliphatic rings. The largest absolute Gasteiger partial charge is 0.481 e. The van der Waals surface area contributed by atoms with E-state index in [1.54, 1.807) is 0 Å². The molecule has 0 aliphatic heterocycles. The van der Waals surface area contributed by atoms with Crippen molar-refractivity contribution in [2.24, 2.45) is 11.8 Å². The number of aliphatic carboxylic acids is 1. The van der Waals surface area contributed by atoms with Crippen LogP contribution < -0.4 is 5.32 Å². The Labute approximate surface area is 114 Å². The Bertz CT molecular complexity index is 362. The fourth-order valence-electron chi connectivity index (χ4n) is 2.25. The number of nitrogens with one attached hydrogen (secondary N) is 1. The number of carbonyl (C=O) groups excluding carboxylic acids is 1. The Balaban J connectivity index is 2.57. The first kappa shape index (κ1) is 15.7. The summed E-state index contributed by atoms with van der Waals surface area (Å²) < 4.78 is 5.50. The molecule has 0 radical (unpaired) electrons. The van der Waals surface area contributed by atoms with E-state index < -0.39 is 23.4 Å². The first-order valence-electron chi connectivity index (χ1n) is 6.67. The maximum absolute atomic E-state index is 12.1. The van der Waals surface area contributed by atoms with Crippen molar-refractivity contribution in [1.82, 2.24) is 5.32 Å². The number of rotatable bonds is 6. The van der Waals surface area contributed by atoms with E-state index in [1.165, 1.54) is 0 Å². The minimum Gasteiger partial charge on any atom is -0.481 e. The first-order chi connectivity index (χ1) is 8.87. The normalized spacial score (nSPS) is 23.1. The molecule has 5 heteroatoms. The molecule has 0 aromatic rings. The number of allylic oxidation sites excluding steroid dienone is 2. The number of hydrogen-bond acceptors (Lipinski definition) is 3. The third-order valence-corrected chi connectivity index (χ3v) is 3.31. The minimum absolute atomic E-state index is 0.204. The van der Waals surface area contributed by atoms with Crippen molar-refractivity contribution < 1.29 is 19.4 Å². The van der Waals surface area contributed by atoms with Gasteiger partial charge in [0.15, 0.2) is 0 Å². The van der Waals surface area contributed by atoms with Crippen LogP contribution in [0.3, 0.4) is 0 Å². The molecule has 2 N–H and O–H groups in total. The van der Waals surface area contributed by atoms with Crippen molar-refractivity contribution >= 4 is 11.9 Å². The van der Waals surface area contributed by atoms with Gasteiger partial charge in [-0.2, -0.15) is 0 Å². The highest BCUT2D eigenvalue weighted by Gasteiger charge is 2.34. The second-order valence-corrected chi connectivity index (χ2v) is 5.40. The van der Waals surface area contributed by atoms with Gasteiger partial charge in [-0.15, -0.1) is 0 Å². The van der Waals surface area contributed by atoms with Crippen molar-refractivity contribution in [1.29, 1.82) is 0 Å². The maximum Gasteiger partial charge on any atom is 0.307 e. The molecule has 0 aromatic carbocycles. The summed E-state index contributed by atoms with van der Waals surface area (Å²) in [7, 11) is 0. The summed E-state index contributed by atoms with van der Waals surface area (Å²) in [4.78, 5) is 23.2. The van der Waals surface area contributed by atoms with Crippen LogP contribution in [0, 0.1) is 11.8 Å². The summed E-state index contributed by atoms with van der Waals surface area (Å²) in [6, 6.07) is 0. The van der Waals surface area contributed by atoms with Crippen molar-refractivity contribution in [3.8, 4) is 0 Å². The average Bonchev–Trinajstić information content (AvgIpc) is 2.36. The van der Waals surface area contributed by atoms with Crippen LogP contribution >= 0.6 is 0 Å². The minimum atomic E-state index is -0.909. The zero-order valence-electron chi connectivity index (χ0n) is 11.8. The van der Waals surface area contributed by atoms with Gasteiger partial charge in [0.2, 0.25) is 5.91 Å². The maximum atomic E-state index is 12.1. The number of ether oxygens (including phenoxy) is 1. The topological polar surface area (TPSA) is 75.6 Å². The Morgan fingerprint density at radius 3 is 2.42 bits per heavy atom. The second kappa shape index (κ2) is 6.70. The van der Waals surface area contributed by atoms with Gasteiger partial charge in [-0.05, 0) is 33.6 Å². The predicted octanol–water partition coefficient (Wildman–Crippen LogP) is 1.58. The van der Waals surface area contributed by atoms with Crippen LogP contribution in [0.5, 0.6) is 0 Å². The van der Waals surface area contributed by atoms with Gasteiger partial charge in [-0.1, -0.05) is 12.2 Å². The van der Waals surface area contributed by atoms with Crippen LogP contribution in [0.25, 0.3) is 0 Å². The highest BCUT2D eigenvalue weighted by molar-refractivity contribution is 5.85. The molecule has 0 bridgehead atoms. The van der Waals surface area contributed by atoms with Crippen molar-refractivity contribution in [2.75, 3.05) is 13.2 Å². The van der Waals surface area contributed by atoms with Crippen molar-refractivity contribution in [3.05, 3.63) is 12.2 Å². The highest BCUT2D eigenvalue weighted by Crippen LogP contribution is 2.26. The van der Waals surface area contributed by atoms with E-state index in [9.17, 15) is 9.59 Å². The quantitative estimate of drug-likeness (QED) is 0.718. The van der Waals surface area contributed by atoms with Gasteiger partial charge in [0.1, 0.15) is 0 Å². The molecule has 2 atom stereocenters. The van der Waals surface area contributed by atoms with Gasteiger partial charge in [-0.25, -0.2) is 0 Å². The molecule has 0 heterocycles. The summed E-state index contributed by atoms with van der Waals surface area (Å²) in [5, 5.41) is 11.9. The smallest absolute Gasteiger partial charge is 0.307 e. The summed E-state index contributed by atoms with van der Waals surface area (Å²) in [5.41, 5.74) is -0.437. The Hall–Kier alpha value is -1.36. The summed E-state index contributed by atoms with van der Waals surface area (Å²) in [6.45, 7) is 6.65. The fourth-order valence-corrected chi connectivity index (χ4v) is 2.25. The molecule has 108 valence electrons. The van der Waals surface area contributed by atoms with E-state index in [0.717, 1.165) is 0 Å². The molecule has 0 saturated heterocycles. The van der Waals surface area contributed by atoms with Gasteiger partial charge >= 0.3 is 5.97 Å². The molecule has 19 heavy (non-hydrogen) atoms. The van der Waals surface area contributed by atoms with Gasteiger partial charge in [0, 0.05) is 13.2 Å². The number of amides is 1. The molecule has 0 saturated carbocycles. The first-order valence-corrected chi connectivity index (χ1v) is 6.67. The Kier molecular flexibility index (Phi) is 5.54. The van der Waals surface area contributed by atoms with Gasteiger partial charge in [-0.3, -0.25) is 9.59 Å². The number of carbonyl (C=O) groups is 2. The molecule has 0 fully saturated rings. The molecule has 1 aliphatic carbocycles. The van der Waals surface area contributed by atoms with Crippen LogP contribution in [0.15, 0.2) is 12.2 Å². The van der Waals surface area contributed by atoms with E-state index >= 15 is 0 Å². The van der Waals surface area contributed by atoms with Gasteiger partial charge in [0.25, 0.3) is 0 Å². The van der Waals surface area contributed by atoms with Crippen LogP contribution in [-0.4, -0.2) is 35.7 Å². The lowest BCUT2D eigenvalue weighted by Gasteiger charge is -2.28. The number of hydrogen-bond donors (Lipinski definition) is 2. The standard InChI is InChI=1S/C14H23NO4/c1-4-19-14(2,3)9-15-12(16)10-7-5-6-8-11(10)13(17)18/h5-6,10-11H,4,7-9H2,1-3H3,(H,15,16)(H,17,18)/t10-,11+/m1/s1. The number of carboxylic acid groups (broad SMARTS) is 1. The van der Waals surface area contributed by atoms with E-state index in [2.05, 4.69) is 5.32 Å². The van der Waals surface area contributed by atoms with E-state index in [-0.39, 0.29) is 5.91 Å². The third-order valence-electron chi connectivity index (χ3n) is 3.31. The molecule has 0 aromatic heterocycles. The Morgan fingerprint density at radius 2 is 1.89 bits per heavy atom. The van der Waals surface area contributed by atoms with Gasteiger partial charge in [0.05, 0.1) is 17.4 Å². The molecule has 5 nitrogen and oxygen atoms in total. The van der Waals surface area contributed by atoms with Crippen LogP contribution in [-0.2, 0) is 14.3 Å². The lowest BCUT2D eigenvalue weighted by Crippen LogP contribution is -2.45. The molecule has 1 rings (SSSR count). The summed E-state index contributed by atoms with van der Waals surface area (Å²) >= 11 is 0. The highest BCUT2D eigenvalue weighted by atomic mass is 16.5. The van der Waals surface area contributed by atoms with Gasteiger partial charge < -0.3 is 15.2 Å². The molecular formula is C14H23NO4. The van der Waals surface area contributed by atoms with Crippen molar-refractivity contribution in [3.63, 3.8) is 0 Å². The molecule has 0 unspecified atom stereocenters. The van der Waals surface area contributed by atoms with Crippen molar-refractivity contribution in [2.45, 2.75) is 39.2 Å². The molecular weight excluding hydrogens is 246 g/mol.